The molecule has 0 aliphatic carbocycles. The fraction of sp³-hybridized carbons (Fsp3) is 0.286. The molecule has 0 aliphatic rings. The van der Waals surface area contributed by atoms with Crippen molar-refractivity contribution in [3.63, 3.8) is 0 Å². The van der Waals surface area contributed by atoms with Gasteiger partial charge in [0.2, 0.25) is 11.8 Å². The molecule has 9 heteroatoms. The molecule has 0 unspecified atom stereocenters. The Hall–Kier alpha value is -3.46. The number of ether oxygens (including phenoxy) is 1. The van der Waals surface area contributed by atoms with E-state index in [0.717, 1.165) is 5.56 Å². The highest BCUT2D eigenvalue weighted by Gasteiger charge is 2.21. The van der Waals surface area contributed by atoms with Crippen molar-refractivity contribution in [1.29, 1.82) is 0 Å². The van der Waals surface area contributed by atoms with Crippen molar-refractivity contribution in [1.82, 2.24) is 10.6 Å². The molecule has 0 saturated carbocycles. The molecule has 8 nitrogen and oxygen atoms in total. The van der Waals surface area contributed by atoms with Gasteiger partial charge in [0, 0.05) is 13.0 Å². The number of nitrogens with two attached hydrogens (primary N) is 1. The van der Waals surface area contributed by atoms with E-state index in [1.165, 1.54) is 18.2 Å². The number of alkyl carbamates (subject to hydrolysis) is 1. The molecule has 0 saturated heterocycles. The molecule has 30 heavy (non-hydrogen) atoms. The number of primary amides is 1. The summed E-state index contributed by atoms with van der Waals surface area (Å²) >= 11 is 0. The van der Waals surface area contributed by atoms with E-state index in [1.54, 1.807) is 18.2 Å². The SMILES string of the molecule is NC(=O)[C@@H](Cc1ccccc1F)NC(=O)C[C@H](O)CNC(=O)OCc1ccccc1. The number of hydrogen-bond acceptors (Lipinski definition) is 5. The van der Waals surface area contributed by atoms with Gasteiger partial charge in [-0.05, 0) is 17.2 Å². The first-order valence-corrected chi connectivity index (χ1v) is 9.30. The van der Waals surface area contributed by atoms with Gasteiger partial charge in [-0.1, -0.05) is 48.5 Å². The normalized spacial score (nSPS) is 12.5. The summed E-state index contributed by atoms with van der Waals surface area (Å²) in [5.41, 5.74) is 6.31. The number of carbonyl (C=O) groups is 3. The highest BCUT2D eigenvalue weighted by atomic mass is 19.1. The zero-order chi connectivity index (χ0) is 21.9. The fourth-order valence-electron chi connectivity index (χ4n) is 2.62. The standard InChI is InChI=1S/C21H24FN3O5/c22-17-9-5-4-8-15(17)10-18(20(23)28)25-19(27)11-16(26)12-24-21(29)30-13-14-6-2-1-3-7-14/h1-9,16,18,26H,10-13H2,(H2,23,28)(H,24,29)(H,25,27)/t16-,18+/m0/s1. The van der Waals surface area contributed by atoms with Gasteiger partial charge in [0.25, 0.3) is 0 Å². The summed E-state index contributed by atoms with van der Waals surface area (Å²) in [6.45, 7) is -0.158. The first-order valence-electron chi connectivity index (χ1n) is 9.30. The van der Waals surface area contributed by atoms with Crippen LogP contribution in [0.2, 0.25) is 0 Å². The molecular weight excluding hydrogens is 393 g/mol. The van der Waals surface area contributed by atoms with E-state index in [-0.39, 0.29) is 31.6 Å². The van der Waals surface area contributed by atoms with Gasteiger partial charge in [-0.2, -0.15) is 0 Å². The van der Waals surface area contributed by atoms with E-state index in [1.807, 2.05) is 18.2 Å². The van der Waals surface area contributed by atoms with E-state index in [0.29, 0.717) is 0 Å². The van der Waals surface area contributed by atoms with Crippen LogP contribution >= 0.6 is 0 Å². The van der Waals surface area contributed by atoms with Gasteiger partial charge >= 0.3 is 6.09 Å². The Balaban J connectivity index is 1.74. The molecule has 0 radical (unpaired) electrons. The lowest BCUT2D eigenvalue weighted by molar-refractivity contribution is -0.128. The summed E-state index contributed by atoms with van der Waals surface area (Å²) in [6.07, 6.45) is -2.46. The number of rotatable bonds is 10. The zero-order valence-electron chi connectivity index (χ0n) is 16.2. The van der Waals surface area contributed by atoms with Gasteiger partial charge in [0.05, 0.1) is 12.5 Å². The Morgan fingerprint density at radius 2 is 1.73 bits per heavy atom. The van der Waals surface area contributed by atoms with Crippen LogP contribution in [0.1, 0.15) is 17.5 Å². The van der Waals surface area contributed by atoms with Crippen molar-refractivity contribution in [3.8, 4) is 0 Å². The molecule has 0 fully saturated rings. The van der Waals surface area contributed by atoms with Crippen molar-refractivity contribution in [2.45, 2.75) is 31.6 Å². The van der Waals surface area contributed by atoms with Crippen molar-refractivity contribution >= 4 is 17.9 Å². The highest BCUT2D eigenvalue weighted by Crippen LogP contribution is 2.09. The lowest BCUT2D eigenvalue weighted by atomic mass is 10.0. The molecule has 2 atom stereocenters. The topological polar surface area (TPSA) is 131 Å². The Bertz CT molecular complexity index is 863. The van der Waals surface area contributed by atoms with Gasteiger partial charge in [0.15, 0.2) is 0 Å². The average molecular weight is 417 g/mol. The third-order valence-corrected chi connectivity index (χ3v) is 4.18. The van der Waals surface area contributed by atoms with Gasteiger partial charge in [0.1, 0.15) is 18.5 Å². The molecule has 2 aromatic carbocycles. The fourth-order valence-corrected chi connectivity index (χ4v) is 2.62. The highest BCUT2D eigenvalue weighted by molar-refractivity contribution is 5.87. The average Bonchev–Trinajstić information content (AvgIpc) is 2.72. The number of hydrogen-bond donors (Lipinski definition) is 4. The second-order valence-corrected chi connectivity index (χ2v) is 6.62. The minimum absolute atomic E-state index is 0.0690. The maximum absolute atomic E-state index is 13.8. The van der Waals surface area contributed by atoms with Gasteiger partial charge < -0.3 is 26.2 Å². The summed E-state index contributed by atoms with van der Waals surface area (Å²) in [7, 11) is 0. The van der Waals surface area contributed by atoms with E-state index in [2.05, 4.69) is 10.6 Å². The van der Waals surface area contributed by atoms with Gasteiger partial charge in [-0.25, -0.2) is 9.18 Å². The lowest BCUT2D eigenvalue weighted by Gasteiger charge is -2.17. The monoisotopic (exact) mass is 417 g/mol. The molecular formula is C21H24FN3O5. The maximum Gasteiger partial charge on any atom is 0.407 e. The summed E-state index contributed by atoms with van der Waals surface area (Å²) in [5, 5.41) is 14.7. The smallest absolute Gasteiger partial charge is 0.407 e. The van der Waals surface area contributed by atoms with Crippen LogP contribution < -0.4 is 16.4 Å². The van der Waals surface area contributed by atoms with Crippen molar-refractivity contribution < 1.29 is 28.6 Å². The molecule has 2 aromatic rings. The van der Waals surface area contributed by atoms with Crippen molar-refractivity contribution in [3.05, 3.63) is 71.5 Å². The second-order valence-electron chi connectivity index (χ2n) is 6.62. The summed E-state index contributed by atoms with van der Waals surface area (Å²) in [5.74, 6) is -2.01. The first-order chi connectivity index (χ1) is 14.3. The third kappa shape index (κ3) is 7.88. The van der Waals surface area contributed by atoms with Crippen LogP contribution in [0.25, 0.3) is 0 Å². The van der Waals surface area contributed by atoms with E-state index in [9.17, 15) is 23.9 Å². The largest absolute Gasteiger partial charge is 0.445 e. The van der Waals surface area contributed by atoms with Crippen LogP contribution in [0.3, 0.4) is 0 Å². The predicted octanol–water partition coefficient (Wildman–Crippen LogP) is 1.02. The molecule has 0 aliphatic heterocycles. The number of amides is 3. The lowest BCUT2D eigenvalue weighted by Crippen LogP contribution is -2.47. The molecule has 5 N–H and O–H groups in total. The number of halogens is 1. The van der Waals surface area contributed by atoms with E-state index >= 15 is 0 Å². The quantitative estimate of drug-likeness (QED) is 0.458. The molecule has 0 heterocycles. The summed E-state index contributed by atoms with van der Waals surface area (Å²) < 4.78 is 18.7. The predicted molar refractivity (Wildman–Crippen MR) is 106 cm³/mol. The molecule has 0 bridgehead atoms. The Labute approximate surface area is 173 Å². The summed E-state index contributed by atoms with van der Waals surface area (Å²) in [6, 6.07) is 13.7. The number of aliphatic hydroxyl groups is 1. The van der Waals surface area contributed by atoms with Crippen molar-refractivity contribution in [2.24, 2.45) is 5.73 Å². The van der Waals surface area contributed by atoms with Crippen LogP contribution in [0, 0.1) is 5.82 Å². The number of benzene rings is 2. The van der Waals surface area contributed by atoms with Crippen LogP contribution in [-0.4, -0.2) is 41.7 Å². The molecule has 0 spiro atoms. The number of nitrogens with one attached hydrogen (secondary N) is 2. The third-order valence-electron chi connectivity index (χ3n) is 4.18. The Kier molecular flexibility index (Phi) is 8.76. The van der Waals surface area contributed by atoms with E-state index < -0.39 is 35.9 Å². The zero-order valence-corrected chi connectivity index (χ0v) is 16.2. The Morgan fingerprint density at radius 3 is 2.40 bits per heavy atom. The molecule has 160 valence electrons. The molecule has 3 amide bonds. The number of carbonyl (C=O) groups excluding carboxylic acids is 3. The van der Waals surface area contributed by atoms with Gasteiger partial charge in [-0.3, -0.25) is 9.59 Å². The summed E-state index contributed by atoms with van der Waals surface area (Å²) in [4.78, 5) is 35.3. The first kappa shape index (κ1) is 22.8. The van der Waals surface area contributed by atoms with Crippen LogP contribution in [0.15, 0.2) is 54.6 Å². The minimum Gasteiger partial charge on any atom is -0.445 e. The van der Waals surface area contributed by atoms with Crippen molar-refractivity contribution in [2.75, 3.05) is 6.54 Å². The van der Waals surface area contributed by atoms with Gasteiger partial charge in [-0.15, -0.1) is 0 Å². The minimum atomic E-state index is -1.21. The Morgan fingerprint density at radius 1 is 1.07 bits per heavy atom. The van der Waals surface area contributed by atoms with Crippen LogP contribution in [0.4, 0.5) is 9.18 Å². The van der Waals surface area contributed by atoms with Crippen LogP contribution in [-0.2, 0) is 27.4 Å². The molecule has 2 rings (SSSR count). The molecule has 0 aromatic heterocycles. The second kappa shape index (κ2) is 11.5. The maximum atomic E-state index is 13.8. The van der Waals surface area contributed by atoms with Crippen LogP contribution in [0.5, 0.6) is 0 Å². The number of aliphatic hydroxyl groups excluding tert-OH is 1. The van der Waals surface area contributed by atoms with E-state index in [4.69, 9.17) is 10.5 Å².